The number of amides is 1. The molecule has 5 aromatic rings. The fraction of sp³-hybridized carbons (Fsp3) is 0.185. The second-order valence-electron chi connectivity index (χ2n) is 8.75. The maximum absolute atomic E-state index is 12.0. The number of rotatable bonds is 8. The van der Waals surface area contributed by atoms with Crippen molar-refractivity contribution in [1.82, 2.24) is 30.1 Å². The van der Waals surface area contributed by atoms with Crippen LogP contribution in [0.4, 0.5) is 11.4 Å². The molecule has 0 saturated carbocycles. The van der Waals surface area contributed by atoms with E-state index in [1.54, 1.807) is 18.6 Å². The van der Waals surface area contributed by atoms with E-state index in [-0.39, 0.29) is 5.91 Å². The van der Waals surface area contributed by atoms with Gasteiger partial charge in [-0.25, -0.2) is 9.97 Å². The van der Waals surface area contributed by atoms with Gasteiger partial charge in [-0.1, -0.05) is 13.0 Å². The SMILES string of the molecule is C=N/C(C)=C\N(C)c1ccnc2nc(-c3n[nH]c4ccc(-c5cncc(NC(=O)CCC)c5)cc34)[nH]c12. The van der Waals surface area contributed by atoms with E-state index in [1.807, 2.05) is 62.3 Å². The van der Waals surface area contributed by atoms with Crippen molar-refractivity contribution in [2.45, 2.75) is 26.7 Å². The lowest BCUT2D eigenvalue weighted by atomic mass is 10.0. The first-order valence-electron chi connectivity index (χ1n) is 11.9. The number of imidazole rings is 1. The van der Waals surface area contributed by atoms with Crippen LogP contribution in [-0.2, 0) is 4.79 Å². The van der Waals surface area contributed by atoms with Crippen LogP contribution in [0.2, 0.25) is 0 Å². The molecule has 3 N–H and O–H groups in total. The zero-order chi connectivity index (χ0) is 25.9. The van der Waals surface area contributed by atoms with Crippen LogP contribution in [0, 0.1) is 0 Å². The molecule has 4 aromatic heterocycles. The maximum Gasteiger partial charge on any atom is 0.224 e. The molecule has 0 unspecified atom stereocenters. The monoisotopic (exact) mass is 493 g/mol. The molecule has 0 spiro atoms. The molecule has 10 nitrogen and oxygen atoms in total. The molecular weight excluding hydrogens is 466 g/mol. The minimum absolute atomic E-state index is 0.0241. The third kappa shape index (κ3) is 4.81. The summed E-state index contributed by atoms with van der Waals surface area (Å²) in [5.41, 5.74) is 7.13. The number of nitrogens with one attached hydrogen (secondary N) is 3. The molecule has 0 bridgehead atoms. The summed E-state index contributed by atoms with van der Waals surface area (Å²) in [5, 5.41) is 11.4. The number of pyridine rings is 2. The van der Waals surface area contributed by atoms with Crippen LogP contribution in [0.5, 0.6) is 0 Å². The Balaban J connectivity index is 1.53. The number of carbonyl (C=O) groups is 1. The van der Waals surface area contributed by atoms with Gasteiger partial charge in [-0.05, 0) is 49.9 Å². The average Bonchev–Trinajstić information content (AvgIpc) is 3.52. The third-order valence-corrected chi connectivity index (χ3v) is 6.00. The first-order valence-corrected chi connectivity index (χ1v) is 11.9. The highest BCUT2D eigenvalue weighted by molar-refractivity contribution is 5.97. The number of aliphatic imine (C=N–C) groups is 1. The van der Waals surface area contributed by atoms with Gasteiger partial charge in [0.1, 0.15) is 11.2 Å². The molecule has 1 amide bonds. The topological polar surface area (TPSA) is 128 Å². The summed E-state index contributed by atoms with van der Waals surface area (Å²) in [6.45, 7) is 7.44. The summed E-state index contributed by atoms with van der Waals surface area (Å²) in [6, 6.07) is 9.84. The van der Waals surface area contributed by atoms with Gasteiger partial charge in [0.25, 0.3) is 0 Å². The average molecular weight is 494 g/mol. The lowest BCUT2D eigenvalue weighted by Gasteiger charge is -2.15. The number of H-pyrrole nitrogens is 2. The minimum atomic E-state index is -0.0241. The lowest BCUT2D eigenvalue weighted by Crippen LogP contribution is -2.10. The van der Waals surface area contributed by atoms with Crippen LogP contribution >= 0.6 is 0 Å². The Morgan fingerprint density at radius 3 is 2.89 bits per heavy atom. The van der Waals surface area contributed by atoms with Crippen molar-refractivity contribution in [1.29, 1.82) is 0 Å². The van der Waals surface area contributed by atoms with Crippen LogP contribution in [0.3, 0.4) is 0 Å². The Labute approximate surface area is 213 Å². The first-order chi connectivity index (χ1) is 18.0. The molecule has 5 rings (SSSR count). The molecule has 186 valence electrons. The van der Waals surface area contributed by atoms with Gasteiger partial charge in [0, 0.05) is 43.0 Å². The van der Waals surface area contributed by atoms with Gasteiger partial charge in [0.2, 0.25) is 5.91 Å². The molecule has 1 aromatic carbocycles. The third-order valence-electron chi connectivity index (χ3n) is 6.00. The molecule has 0 aliphatic carbocycles. The van der Waals surface area contributed by atoms with E-state index in [1.165, 1.54) is 0 Å². The second-order valence-corrected chi connectivity index (χ2v) is 8.75. The quantitative estimate of drug-likeness (QED) is 0.252. The number of aromatic nitrogens is 6. The number of hydrogen-bond donors (Lipinski definition) is 3. The van der Waals surface area contributed by atoms with Crippen molar-refractivity contribution in [3.05, 3.63) is 60.8 Å². The van der Waals surface area contributed by atoms with Crippen LogP contribution in [0.25, 0.3) is 44.7 Å². The molecule has 10 heteroatoms. The number of hydrogen-bond acceptors (Lipinski definition) is 7. The predicted octanol–water partition coefficient (Wildman–Crippen LogP) is 5.30. The summed E-state index contributed by atoms with van der Waals surface area (Å²) in [7, 11) is 1.94. The van der Waals surface area contributed by atoms with E-state index >= 15 is 0 Å². The molecule has 0 atom stereocenters. The van der Waals surface area contributed by atoms with E-state index in [0.717, 1.165) is 45.4 Å². The summed E-state index contributed by atoms with van der Waals surface area (Å²) >= 11 is 0. The van der Waals surface area contributed by atoms with Crippen molar-refractivity contribution in [2.75, 3.05) is 17.3 Å². The summed E-state index contributed by atoms with van der Waals surface area (Å²) in [5.74, 6) is 0.581. The summed E-state index contributed by atoms with van der Waals surface area (Å²) < 4.78 is 0. The smallest absolute Gasteiger partial charge is 0.224 e. The van der Waals surface area contributed by atoms with Crippen molar-refractivity contribution in [3.8, 4) is 22.6 Å². The lowest BCUT2D eigenvalue weighted by molar-refractivity contribution is -0.116. The van der Waals surface area contributed by atoms with Crippen molar-refractivity contribution >= 4 is 46.1 Å². The summed E-state index contributed by atoms with van der Waals surface area (Å²) in [6.07, 6.45) is 8.30. The Morgan fingerprint density at radius 1 is 1.22 bits per heavy atom. The van der Waals surface area contributed by atoms with E-state index in [4.69, 9.17) is 4.98 Å². The second kappa shape index (κ2) is 10.0. The van der Waals surface area contributed by atoms with Crippen LogP contribution in [0.1, 0.15) is 26.7 Å². The van der Waals surface area contributed by atoms with Gasteiger partial charge in [0.05, 0.1) is 28.8 Å². The van der Waals surface area contributed by atoms with Crippen molar-refractivity contribution in [3.63, 3.8) is 0 Å². The van der Waals surface area contributed by atoms with Gasteiger partial charge >= 0.3 is 0 Å². The van der Waals surface area contributed by atoms with Gasteiger partial charge in [-0.3, -0.25) is 19.9 Å². The Morgan fingerprint density at radius 2 is 2.08 bits per heavy atom. The molecular formula is C27H27N9O. The highest BCUT2D eigenvalue weighted by Crippen LogP contribution is 2.32. The van der Waals surface area contributed by atoms with E-state index in [9.17, 15) is 4.79 Å². The van der Waals surface area contributed by atoms with Crippen molar-refractivity contribution in [2.24, 2.45) is 4.99 Å². The number of allylic oxidation sites excluding steroid dienone is 1. The maximum atomic E-state index is 12.0. The number of nitrogens with zero attached hydrogens (tertiary/aromatic N) is 6. The van der Waals surface area contributed by atoms with Crippen LogP contribution in [-0.4, -0.2) is 49.8 Å². The number of anilines is 2. The Kier molecular flexibility index (Phi) is 6.46. The zero-order valence-corrected chi connectivity index (χ0v) is 20.9. The predicted molar refractivity (Wildman–Crippen MR) is 147 cm³/mol. The molecule has 0 saturated heterocycles. The van der Waals surface area contributed by atoms with E-state index in [2.05, 4.69) is 42.2 Å². The summed E-state index contributed by atoms with van der Waals surface area (Å²) in [4.78, 5) is 34.8. The van der Waals surface area contributed by atoms with Gasteiger partial charge in [-0.15, -0.1) is 0 Å². The molecule has 0 aliphatic heterocycles. The Bertz CT molecular complexity index is 1650. The van der Waals surface area contributed by atoms with Crippen LogP contribution in [0.15, 0.2) is 65.8 Å². The molecule has 0 fully saturated rings. The largest absolute Gasteiger partial charge is 0.347 e. The number of benzene rings is 1. The molecule has 4 heterocycles. The van der Waals surface area contributed by atoms with Crippen molar-refractivity contribution < 1.29 is 4.79 Å². The highest BCUT2D eigenvalue weighted by Gasteiger charge is 2.17. The van der Waals surface area contributed by atoms with E-state index in [0.29, 0.717) is 29.3 Å². The molecule has 37 heavy (non-hydrogen) atoms. The molecule has 0 aliphatic rings. The highest BCUT2D eigenvalue weighted by atomic mass is 16.1. The Hall–Kier alpha value is -4.86. The normalized spacial score (nSPS) is 11.7. The van der Waals surface area contributed by atoms with Gasteiger partial charge in [0.15, 0.2) is 11.5 Å². The fourth-order valence-electron chi connectivity index (χ4n) is 4.19. The van der Waals surface area contributed by atoms with Gasteiger partial charge < -0.3 is 15.2 Å². The molecule has 0 radical (unpaired) electrons. The first kappa shape index (κ1) is 23.9. The van der Waals surface area contributed by atoms with E-state index < -0.39 is 0 Å². The fourth-order valence-corrected chi connectivity index (χ4v) is 4.19. The minimum Gasteiger partial charge on any atom is -0.347 e. The number of fused-ring (bicyclic) bond motifs is 2. The number of aromatic amines is 2. The standard InChI is InChI=1S/C27H27N9O/c1-5-6-23(37)31-19-11-18(13-29-14-19)17-7-8-21-20(12-17)24(35-34-21)27-32-25-22(9-10-30-26(25)33-27)36(4)15-16(2)28-3/h7-15H,3,5-6H2,1-2,4H3,(H,31,37)(H,34,35)(H,30,32,33)/b16-15-. The zero-order valence-electron chi connectivity index (χ0n) is 20.9. The van der Waals surface area contributed by atoms with Gasteiger partial charge in [-0.2, -0.15) is 5.10 Å². The number of carbonyl (C=O) groups excluding carboxylic acids is 1. The van der Waals surface area contributed by atoms with Crippen LogP contribution < -0.4 is 10.2 Å².